The monoisotopic (exact) mass is 284 g/mol. The Hall–Kier alpha value is -1.53. The summed E-state index contributed by atoms with van der Waals surface area (Å²) in [6, 6.07) is 2.56. The van der Waals surface area contributed by atoms with Crippen LogP contribution in [0.5, 0.6) is 0 Å². The summed E-state index contributed by atoms with van der Waals surface area (Å²) in [6.07, 6.45) is -0.492. The number of amides is 1. The molecular weight excluding hydrogens is 266 g/mol. The van der Waals surface area contributed by atoms with Crippen molar-refractivity contribution in [2.45, 2.75) is 18.6 Å². The van der Waals surface area contributed by atoms with Crippen LogP contribution in [-0.2, 0) is 4.79 Å². The number of halogens is 2. The quantitative estimate of drug-likeness (QED) is 0.906. The predicted molar refractivity (Wildman–Crippen MR) is 70.0 cm³/mol. The maximum absolute atomic E-state index is 13.9. The van der Waals surface area contributed by atoms with Crippen LogP contribution < -0.4 is 0 Å². The summed E-state index contributed by atoms with van der Waals surface area (Å²) in [5.41, 5.74) is 0.119. The van der Waals surface area contributed by atoms with Crippen LogP contribution in [0.15, 0.2) is 18.2 Å². The number of benzene rings is 1. The normalized spacial score (nSPS) is 22.6. The van der Waals surface area contributed by atoms with Gasteiger partial charge in [-0.2, -0.15) is 0 Å². The molecule has 1 saturated heterocycles. The van der Waals surface area contributed by atoms with E-state index in [-0.39, 0.29) is 31.0 Å². The van der Waals surface area contributed by atoms with Gasteiger partial charge in [0.05, 0.1) is 18.7 Å². The third-order valence-electron chi connectivity index (χ3n) is 3.37. The second kappa shape index (κ2) is 5.85. The van der Waals surface area contributed by atoms with Gasteiger partial charge in [-0.25, -0.2) is 8.78 Å². The van der Waals surface area contributed by atoms with Crippen molar-refractivity contribution in [1.29, 1.82) is 0 Å². The van der Waals surface area contributed by atoms with Crippen molar-refractivity contribution in [3.05, 3.63) is 35.4 Å². The minimum atomic E-state index is -0.714. The summed E-state index contributed by atoms with van der Waals surface area (Å²) in [6.45, 7) is 0.313. The largest absolute Gasteiger partial charge is 0.391 e. The molecule has 1 aromatic rings. The van der Waals surface area contributed by atoms with Gasteiger partial charge in [0.25, 0.3) is 0 Å². The highest BCUT2D eigenvalue weighted by Crippen LogP contribution is 2.34. The molecule has 1 aromatic carbocycles. The number of β-amino-alcohol motifs (C(OH)–C–C–N with tert-alkyl or cyclic N) is 1. The van der Waals surface area contributed by atoms with E-state index in [4.69, 9.17) is 0 Å². The summed E-state index contributed by atoms with van der Waals surface area (Å²) in [5.74, 6) is -1.32. The van der Waals surface area contributed by atoms with Gasteiger partial charge in [0, 0.05) is 12.1 Å². The van der Waals surface area contributed by atoms with Gasteiger partial charge in [0.2, 0.25) is 5.91 Å². The molecule has 0 radical (unpaired) electrons. The molecule has 20 heavy (non-hydrogen) atoms. The Morgan fingerprint density at radius 3 is 2.80 bits per heavy atom. The second-order valence-electron chi connectivity index (χ2n) is 5.36. The zero-order valence-corrected chi connectivity index (χ0v) is 11.5. The molecule has 1 fully saturated rings. The van der Waals surface area contributed by atoms with Crippen LogP contribution in [0, 0.1) is 11.6 Å². The maximum Gasteiger partial charge on any atom is 0.237 e. The first-order chi connectivity index (χ1) is 9.38. The van der Waals surface area contributed by atoms with Crippen LogP contribution in [-0.4, -0.2) is 54.1 Å². The van der Waals surface area contributed by atoms with Crippen LogP contribution in [0.2, 0.25) is 0 Å². The van der Waals surface area contributed by atoms with Gasteiger partial charge in [-0.3, -0.25) is 4.79 Å². The molecule has 4 nitrogen and oxygen atoms in total. The molecule has 0 saturated carbocycles. The number of carbonyl (C=O) groups is 1. The van der Waals surface area contributed by atoms with E-state index in [1.165, 1.54) is 4.90 Å². The van der Waals surface area contributed by atoms with E-state index >= 15 is 0 Å². The fourth-order valence-electron chi connectivity index (χ4n) is 2.52. The van der Waals surface area contributed by atoms with Gasteiger partial charge in [0.15, 0.2) is 0 Å². The van der Waals surface area contributed by atoms with Crippen molar-refractivity contribution in [2.24, 2.45) is 0 Å². The minimum absolute atomic E-state index is 0.119. The molecule has 2 rings (SSSR count). The molecule has 6 heteroatoms. The average Bonchev–Trinajstić information content (AvgIpc) is 2.73. The second-order valence-corrected chi connectivity index (χ2v) is 5.36. The van der Waals surface area contributed by atoms with E-state index in [0.29, 0.717) is 0 Å². The lowest BCUT2D eigenvalue weighted by atomic mass is 10.0. The Bertz CT molecular complexity index is 508. The van der Waals surface area contributed by atoms with Crippen molar-refractivity contribution in [3.63, 3.8) is 0 Å². The topological polar surface area (TPSA) is 43.8 Å². The number of hydrogen-bond acceptors (Lipinski definition) is 3. The van der Waals surface area contributed by atoms with Crippen molar-refractivity contribution in [2.75, 3.05) is 27.2 Å². The van der Waals surface area contributed by atoms with Gasteiger partial charge in [-0.1, -0.05) is 0 Å². The van der Waals surface area contributed by atoms with Crippen molar-refractivity contribution in [3.8, 4) is 0 Å². The highest BCUT2D eigenvalue weighted by molar-refractivity contribution is 5.79. The molecule has 0 unspecified atom stereocenters. The molecule has 1 N–H and O–H groups in total. The molecule has 1 aliphatic rings. The number of likely N-dealkylation sites (tertiary alicyclic amines) is 1. The number of carbonyl (C=O) groups excluding carboxylic acids is 1. The highest BCUT2D eigenvalue weighted by atomic mass is 19.1. The smallest absolute Gasteiger partial charge is 0.237 e. The van der Waals surface area contributed by atoms with E-state index in [9.17, 15) is 18.7 Å². The first kappa shape index (κ1) is 14.9. The van der Waals surface area contributed by atoms with Crippen molar-refractivity contribution < 1.29 is 18.7 Å². The van der Waals surface area contributed by atoms with Crippen LogP contribution >= 0.6 is 0 Å². The molecule has 110 valence electrons. The van der Waals surface area contributed by atoms with E-state index < -0.39 is 23.8 Å². The van der Waals surface area contributed by atoms with Crippen LogP contribution in [0.25, 0.3) is 0 Å². The molecule has 0 spiro atoms. The summed E-state index contributed by atoms with van der Waals surface area (Å²) < 4.78 is 27.1. The fourth-order valence-corrected chi connectivity index (χ4v) is 2.52. The Kier molecular flexibility index (Phi) is 4.35. The fraction of sp³-hybridized carbons (Fsp3) is 0.500. The molecule has 0 aliphatic carbocycles. The lowest BCUT2D eigenvalue weighted by Gasteiger charge is -2.26. The van der Waals surface area contributed by atoms with E-state index in [1.807, 2.05) is 0 Å². The molecule has 1 aliphatic heterocycles. The highest BCUT2D eigenvalue weighted by Gasteiger charge is 2.36. The molecule has 1 heterocycles. The van der Waals surface area contributed by atoms with Gasteiger partial charge >= 0.3 is 0 Å². The molecule has 0 bridgehead atoms. The van der Waals surface area contributed by atoms with E-state index in [1.54, 1.807) is 19.0 Å². The number of likely N-dealkylation sites (N-methyl/N-ethyl adjacent to an activating group) is 1. The van der Waals surface area contributed by atoms with Crippen molar-refractivity contribution >= 4 is 5.91 Å². The van der Waals surface area contributed by atoms with Crippen LogP contribution in [0.3, 0.4) is 0 Å². The summed E-state index contributed by atoms with van der Waals surface area (Å²) in [5, 5.41) is 9.75. The van der Waals surface area contributed by atoms with Gasteiger partial charge in [0.1, 0.15) is 11.6 Å². The van der Waals surface area contributed by atoms with Crippen LogP contribution in [0.1, 0.15) is 18.0 Å². The zero-order chi connectivity index (χ0) is 14.9. The summed E-state index contributed by atoms with van der Waals surface area (Å²) in [4.78, 5) is 15.3. The molecule has 0 aromatic heterocycles. The molecule has 1 amide bonds. The first-order valence-corrected chi connectivity index (χ1v) is 6.45. The summed E-state index contributed by atoms with van der Waals surface area (Å²) >= 11 is 0. The number of aliphatic hydroxyl groups excluding tert-OH is 1. The lowest BCUT2D eigenvalue weighted by Crippen LogP contribution is -2.38. The SMILES string of the molecule is CN(C)CC(=O)N1C[C@@H](O)C[C@@H]1c1cc(F)ccc1F. The Balaban J connectivity index is 2.28. The molecular formula is C14H18F2N2O2. The van der Waals surface area contributed by atoms with Gasteiger partial charge < -0.3 is 14.9 Å². The van der Waals surface area contributed by atoms with Gasteiger partial charge in [-0.05, 0) is 38.7 Å². The zero-order valence-electron chi connectivity index (χ0n) is 11.5. The average molecular weight is 284 g/mol. The summed E-state index contributed by atoms with van der Waals surface area (Å²) in [7, 11) is 3.50. The minimum Gasteiger partial charge on any atom is -0.391 e. The van der Waals surface area contributed by atoms with Gasteiger partial charge in [-0.15, -0.1) is 0 Å². The lowest BCUT2D eigenvalue weighted by molar-refractivity contribution is -0.133. The number of hydrogen-bond donors (Lipinski definition) is 1. The third-order valence-corrected chi connectivity index (χ3v) is 3.37. The third kappa shape index (κ3) is 3.13. The standard InChI is InChI=1S/C14H18F2N2O2/c1-17(2)8-14(20)18-7-10(19)6-13(18)11-5-9(15)3-4-12(11)16/h3-5,10,13,19H,6-8H2,1-2H3/t10-,13+/m0/s1. The Morgan fingerprint density at radius 1 is 1.45 bits per heavy atom. The first-order valence-electron chi connectivity index (χ1n) is 6.45. The Morgan fingerprint density at radius 2 is 2.15 bits per heavy atom. The number of rotatable bonds is 3. The Labute approximate surface area is 116 Å². The number of aliphatic hydroxyl groups is 1. The van der Waals surface area contributed by atoms with E-state index in [2.05, 4.69) is 0 Å². The predicted octanol–water partition coefficient (Wildman–Crippen LogP) is 1.16. The number of nitrogens with zero attached hydrogens (tertiary/aromatic N) is 2. The van der Waals surface area contributed by atoms with E-state index in [0.717, 1.165) is 18.2 Å². The maximum atomic E-state index is 13.9. The van der Waals surface area contributed by atoms with Crippen LogP contribution in [0.4, 0.5) is 8.78 Å². The van der Waals surface area contributed by atoms with Crippen molar-refractivity contribution in [1.82, 2.24) is 9.80 Å². The molecule has 2 atom stereocenters.